The van der Waals surface area contributed by atoms with Gasteiger partial charge in [-0.2, -0.15) is 0 Å². The second-order valence-electron chi connectivity index (χ2n) is 10.6. The Kier molecular flexibility index (Phi) is 26.7. The van der Waals surface area contributed by atoms with Gasteiger partial charge in [-0.3, -0.25) is 0 Å². The number of benzene rings is 2. The summed E-state index contributed by atoms with van der Waals surface area (Å²) in [7, 11) is 0. The standard InChI is InChI=1S/C20H22O4.2C9H16O4/c1-3-7-15(8-4-1)19-21-13-11-17(23-19)18-12-14-22-20(24-18)16-9-5-2-6-10-16;2*1-2-4-11-6-8-13-9-7-12-5-3-10/h1-10,17-20H,11-14H2;2*1,10H,3-9H2. The Morgan fingerprint density at radius 3 is 1.20 bits per heavy atom. The summed E-state index contributed by atoms with van der Waals surface area (Å²) in [5.41, 5.74) is 2.10. The first-order valence-corrected chi connectivity index (χ1v) is 16.9. The molecule has 2 saturated heterocycles. The molecule has 0 amide bonds. The van der Waals surface area contributed by atoms with Crippen LogP contribution < -0.4 is 0 Å². The number of hydrogen-bond acceptors (Lipinski definition) is 12. The minimum absolute atomic E-state index is 0.0269. The van der Waals surface area contributed by atoms with Crippen LogP contribution in [0.2, 0.25) is 0 Å². The molecule has 0 aliphatic carbocycles. The highest BCUT2D eigenvalue weighted by molar-refractivity contribution is 5.17. The lowest BCUT2D eigenvalue weighted by Crippen LogP contribution is -2.41. The van der Waals surface area contributed by atoms with Crippen LogP contribution in [0.3, 0.4) is 0 Å². The first kappa shape index (κ1) is 43.2. The Morgan fingerprint density at radius 2 is 0.860 bits per heavy atom. The molecule has 4 atom stereocenters. The average Bonchev–Trinajstić information content (AvgIpc) is 3.18. The molecule has 2 N–H and O–H groups in total. The van der Waals surface area contributed by atoms with Gasteiger partial charge in [0.15, 0.2) is 12.6 Å². The zero-order chi connectivity index (χ0) is 35.7. The fourth-order valence-electron chi connectivity index (χ4n) is 4.50. The lowest BCUT2D eigenvalue weighted by Gasteiger charge is -2.39. The molecular formula is C38H54O12. The molecule has 2 aromatic carbocycles. The lowest BCUT2D eigenvalue weighted by molar-refractivity contribution is -0.288. The van der Waals surface area contributed by atoms with Crippen LogP contribution in [-0.2, 0) is 47.4 Å². The van der Waals surface area contributed by atoms with E-state index < -0.39 is 0 Å². The van der Waals surface area contributed by atoms with E-state index in [1.165, 1.54) is 0 Å². The number of hydrogen-bond donors (Lipinski definition) is 2. The molecule has 50 heavy (non-hydrogen) atoms. The van der Waals surface area contributed by atoms with Crippen LogP contribution in [0.5, 0.6) is 0 Å². The van der Waals surface area contributed by atoms with Crippen molar-refractivity contribution in [3.63, 3.8) is 0 Å². The highest BCUT2D eigenvalue weighted by Crippen LogP contribution is 2.34. The Bertz CT molecular complexity index is 1030. The predicted octanol–water partition coefficient (Wildman–Crippen LogP) is 3.32. The molecule has 2 heterocycles. The van der Waals surface area contributed by atoms with E-state index in [1.54, 1.807) is 0 Å². The van der Waals surface area contributed by atoms with E-state index in [0.29, 0.717) is 92.5 Å². The van der Waals surface area contributed by atoms with Crippen LogP contribution >= 0.6 is 0 Å². The maximum absolute atomic E-state index is 8.36. The van der Waals surface area contributed by atoms with E-state index in [2.05, 4.69) is 11.8 Å². The minimum Gasteiger partial charge on any atom is -0.394 e. The first-order chi connectivity index (χ1) is 24.7. The summed E-state index contributed by atoms with van der Waals surface area (Å²) in [6.07, 6.45) is 11.0. The maximum atomic E-state index is 8.36. The number of terminal acetylenes is 2. The first-order valence-electron chi connectivity index (χ1n) is 16.9. The summed E-state index contributed by atoms with van der Waals surface area (Å²) in [5, 5.41) is 16.7. The van der Waals surface area contributed by atoms with Crippen LogP contribution in [0, 0.1) is 24.7 Å². The van der Waals surface area contributed by atoms with Crippen molar-refractivity contribution in [1.29, 1.82) is 0 Å². The molecule has 12 heteroatoms. The SMILES string of the molecule is C#CCOCCOCCOCCO.C#CCOCCOCCOCCO.c1ccc(C2OCCC(C3CCOC(c4ccccc4)O3)O2)cc1. The quantitative estimate of drug-likeness (QED) is 0.146. The van der Waals surface area contributed by atoms with Gasteiger partial charge >= 0.3 is 0 Å². The molecule has 0 bridgehead atoms. The molecule has 278 valence electrons. The maximum Gasteiger partial charge on any atom is 0.184 e. The van der Waals surface area contributed by atoms with Gasteiger partial charge in [0.2, 0.25) is 0 Å². The summed E-state index contributed by atoms with van der Waals surface area (Å²) in [4.78, 5) is 0. The molecule has 0 saturated carbocycles. The third kappa shape index (κ3) is 20.7. The van der Waals surface area contributed by atoms with Crippen molar-refractivity contribution in [3.05, 3.63) is 71.8 Å². The zero-order valence-corrected chi connectivity index (χ0v) is 28.9. The third-order valence-electron chi connectivity index (χ3n) is 6.83. The van der Waals surface area contributed by atoms with E-state index in [0.717, 1.165) is 24.0 Å². The summed E-state index contributed by atoms with van der Waals surface area (Å²) in [5.74, 6) is 4.71. The number of rotatable bonds is 21. The average molecular weight is 703 g/mol. The molecule has 2 fully saturated rings. The highest BCUT2D eigenvalue weighted by Gasteiger charge is 2.35. The molecule has 0 radical (unpaired) electrons. The van der Waals surface area contributed by atoms with E-state index in [4.69, 9.17) is 70.4 Å². The second kappa shape index (κ2) is 30.9. The van der Waals surface area contributed by atoms with Gasteiger partial charge in [0.05, 0.1) is 105 Å². The van der Waals surface area contributed by atoms with Crippen molar-refractivity contribution < 1.29 is 57.6 Å². The Balaban J connectivity index is 0.000000287. The van der Waals surface area contributed by atoms with Crippen molar-refractivity contribution in [1.82, 2.24) is 0 Å². The van der Waals surface area contributed by atoms with Crippen LogP contribution in [0.1, 0.15) is 36.5 Å². The van der Waals surface area contributed by atoms with Crippen molar-refractivity contribution >= 4 is 0 Å². The van der Waals surface area contributed by atoms with Crippen LogP contribution in [0.15, 0.2) is 60.7 Å². The number of aliphatic hydroxyl groups excluding tert-OH is 2. The van der Waals surface area contributed by atoms with Gasteiger partial charge in [0.1, 0.15) is 13.2 Å². The van der Waals surface area contributed by atoms with Crippen molar-refractivity contribution in [2.75, 3.05) is 106 Å². The normalized spacial score (nSPS) is 19.9. The summed E-state index contributed by atoms with van der Waals surface area (Å²) >= 11 is 0. The second-order valence-corrected chi connectivity index (χ2v) is 10.6. The van der Waals surface area contributed by atoms with E-state index in [1.807, 2.05) is 60.7 Å². The fourth-order valence-corrected chi connectivity index (χ4v) is 4.50. The van der Waals surface area contributed by atoms with Gasteiger partial charge in [0.25, 0.3) is 0 Å². The number of aliphatic hydroxyl groups is 2. The molecule has 4 unspecified atom stereocenters. The van der Waals surface area contributed by atoms with Crippen LogP contribution in [0.25, 0.3) is 0 Å². The topological polar surface area (TPSA) is 133 Å². The molecule has 2 aromatic rings. The summed E-state index contributed by atoms with van der Waals surface area (Å²) < 4.78 is 54.1. The van der Waals surface area contributed by atoms with Gasteiger partial charge in [-0.15, -0.1) is 12.8 Å². The number of ether oxygens (including phenoxy) is 10. The summed E-state index contributed by atoms with van der Waals surface area (Å²) in [6.45, 7) is 6.88. The van der Waals surface area contributed by atoms with Crippen LogP contribution in [0.4, 0.5) is 0 Å². The highest BCUT2D eigenvalue weighted by atomic mass is 16.7. The van der Waals surface area contributed by atoms with Crippen LogP contribution in [-0.4, -0.2) is 128 Å². The minimum atomic E-state index is -0.313. The van der Waals surface area contributed by atoms with Crippen molar-refractivity contribution in [3.8, 4) is 24.7 Å². The van der Waals surface area contributed by atoms with Crippen molar-refractivity contribution in [2.45, 2.75) is 37.6 Å². The molecule has 0 aromatic heterocycles. The monoisotopic (exact) mass is 702 g/mol. The smallest absolute Gasteiger partial charge is 0.184 e. The molecule has 12 nitrogen and oxygen atoms in total. The molecule has 4 rings (SSSR count). The largest absolute Gasteiger partial charge is 0.394 e. The molecule has 2 aliphatic heterocycles. The third-order valence-corrected chi connectivity index (χ3v) is 6.83. The van der Waals surface area contributed by atoms with Gasteiger partial charge in [-0.25, -0.2) is 0 Å². The van der Waals surface area contributed by atoms with Crippen molar-refractivity contribution in [2.24, 2.45) is 0 Å². The lowest BCUT2D eigenvalue weighted by atomic mass is 10.0. The fraction of sp³-hybridized carbons (Fsp3) is 0.579. The van der Waals surface area contributed by atoms with E-state index >= 15 is 0 Å². The van der Waals surface area contributed by atoms with Gasteiger partial charge in [-0.05, 0) is 12.8 Å². The molecule has 2 aliphatic rings. The Hall–Kier alpha value is -2.92. The Morgan fingerprint density at radius 1 is 0.520 bits per heavy atom. The van der Waals surface area contributed by atoms with Gasteiger partial charge in [-0.1, -0.05) is 72.5 Å². The van der Waals surface area contributed by atoms with Gasteiger partial charge < -0.3 is 57.6 Å². The molecular weight excluding hydrogens is 648 g/mol. The molecule has 0 spiro atoms. The Labute approximate surface area is 297 Å². The van der Waals surface area contributed by atoms with E-state index in [-0.39, 0.29) is 38.0 Å². The summed E-state index contributed by atoms with van der Waals surface area (Å²) in [6, 6.07) is 20.1. The van der Waals surface area contributed by atoms with Gasteiger partial charge in [0, 0.05) is 11.1 Å². The predicted molar refractivity (Wildman–Crippen MR) is 186 cm³/mol. The van der Waals surface area contributed by atoms with E-state index in [9.17, 15) is 0 Å². The zero-order valence-electron chi connectivity index (χ0n) is 28.9.